The lowest BCUT2D eigenvalue weighted by Gasteiger charge is -2.24. The fourth-order valence-electron chi connectivity index (χ4n) is 3.50. The zero-order chi connectivity index (χ0) is 20.4. The molecule has 3 aromatic rings. The molecule has 2 aromatic heterocycles. The zero-order valence-corrected chi connectivity index (χ0v) is 15.3. The number of halogens is 3. The fourth-order valence-corrected chi connectivity index (χ4v) is 3.50. The summed E-state index contributed by atoms with van der Waals surface area (Å²) in [5, 5.41) is 2.76. The molecule has 1 aliphatic rings. The maximum Gasteiger partial charge on any atom is 0.416 e. The lowest BCUT2D eigenvalue weighted by atomic mass is 9.85. The molecule has 1 aromatic carbocycles. The molecule has 8 heteroatoms. The van der Waals surface area contributed by atoms with E-state index >= 15 is 0 Å². The molecule has 0 bridgehead atoms. The second kappa shape index (κ2) is 7.62. The highest BCUT2D eigenvalue weighted by atomic mass is 19.4. The molecule has 1 aliphatic carbocycles. The van der Waals surface area contributed by atoms with E-state index in [1.807, 2.05) is 6.07 Å². The van der Waals surface area contributed by atoms with Gasteiger partial charge in [-0.2, -0.15) is 13.2 Å². The van der Waals surface area contributed by atoms with Gasteiger partial charge in [0.1, 0.15) is 12.1 Å². The Bertz CT molecular complexity index is 1040. The van der Waals surface area contributed by atoms with Crippen LogP contribution in [0.25, 0.3) is 11.3 Å². The third-order valence-corrected chi connectivity index (χ3v) is 4.92. The molecule has 0 saturated carbocycles. The van der Waals surface area contributed by atoms with Gasteiger partial charge in [-0.15, -0.1) is 0 Å². The average molecular weight is 398 g/mol. The van der Waals surface area contributed by atoms with Crippen molar-refractivity contribution in [2.45, 2.75) is 31.4 Å². The molecule has 0 radical (unpaired) electrons. The van der Waals surface area contributed by atoms with Crippen LogP contribution in [0.2, 0.25) is 0 Å². The number of hydrogen-bond acceptors (Lipinski definition) is 4. The molecular weight excluding hydrogens is 381 g/mol. The molecule has 1 amide bonds. The SMILES string of the molecule is O=C(Nc1ccncn1)C1CCCc2ccc(-c3cccc(C(F)(F)F)c3)nc21. The van der Waals surface area contributed by atoms with Crippen molar-refractivity contribution in [2.24, 2.45) is 0 Å². The summed E-state index contributed by atoms with van der Waals surface area (Å²) in [7, 11) is 0. The van der Waals surface area contributed by atoms with Crippen molar-refractivity contribution >= 4 is 11.7 Å². The van der Waals surface area contributed by atoms with Crippen LogP contribution >= 0.6 is 0 Å². The highest BCUT2D eigenvalue weighted by Crippen LogP contribution is 2.35. The van der Waals surface area contributed by atoms with Gasteiger partial charge in [-0.3, -0.25) is 9.78 Å². The van der Waals surface area contributed by atoms with Crippen molar-refractivity contribution in [3.63, 3.8) is 0 Å². The first kappa shape index (κ1) is 19.0. The lowest BCUT2D eigenvalue weighted by molar-refractivity contribution is -0.137. The third kappa shape index (κ3) is 4.11. The summed E-state index contributed by atoms with van der Waals surface area (Å²) >= 11 is 0. The number of rotatable bonds is 3. The predicted molar refractivity (Wildman–Crippen MR) is 101 cm³/mol. The van der Waals surface area contributed by atoms with Crippen molar-refractivity contribution in [3.8, 4) is 11.3 Å². The summed E-state index contributed by atoms with van der Waals surface area (Å²) in [6, 6.07) is 10.2. The van der Waals surface area contributed by atoms with Crippen molar-refractivity contribution in [1.82, 2.24) is 15.0 Å². The monoisotopic (exact) mass is 398 g/mol. The van der Waals surface area contributed by atoms with Crippen LogP contribution < -0.4 is 5.32 Å². The molecule has 4 rings (SSSR count). The Hall–Kier alpha value is -3.29. The molecule has 29 heavy (non-hydrogen) atoms. The summed E-state index contributed by atoms with van der Waals surface area (Å²) in [6.45, 7) is 0. The maximum absolute atomic E-state index is 13.0. The summed E-state index contributed by atoms with van der Waals surface area (Å²) in [5.74, 6) is -0.330. The van der Waals surface area contributed by atoms with E-state index < -0.39 is 17.7 Å². The zero-order valence-electron chi connectivity index (χ0n) is 15.3. The first-order valence-corrected chi connectivity index (χ1v) is 9.16. The number of alkyl halides is 3. The van der Waals surface area contributed by atoms with E-state index in [2.05, 4.69) is 20.3 Å². The van der Waals surface area contributed by atoms with Crippen molar-refractivity contribution < 1.29 is 18.0 Å². The van der Waals surface area contributed by atoms with Crippen LogP contribution in [-0.4, -0.2) is 20.9 Å². The Morgan fingerprint density at radius 1 is 1.14 bits per heavy atom. The van der Waals surface area contributed by atoms with Gasteiger partial charge < -0.3 is 5.32 Å². The Morgan fingerprint density at radius 3 is 2.76 bits per heavy atom. The Balaban J connectivity index is 1.66. The maximum atomic E-state index is 13.0. The van der Waals surface area contributed by atoms with E-state index in [0.29, 0.717) is 29.2 Å². The van der Waals surface area contributed by atoms with Gasteiger partial charge >= 0.3 is 6.18 Å². The first-order chi connectivity index (χ1) is 13.9. The van der Waals surface area contributed by atoms with Gasteiger partial charge in [0.2, 0.25) is 5.91 Å². The molecular formula is C21H17F3N4O. The van der Waals surface area contributed by atoms with E-state index in [1.165, 1.54) is 18.6 Å². The molecule has 0 aliphatic heterocycles. The standard InChI is InChI=1S/C21H17F3N4O/c22-21(23,24)15-5-1-4-14(11-15)17-8-7-13-3-2-6-16(19(13)27-17)20(29)28-18-9-10-25-12-26-18/h1,4-5,7-12,16H,2-3,6H2,(H,25,26,28,29). The van der Waals surface area contributed by atoms with Crippen molar-refractivity contribution in [2.75, 3.05) is 5.32 Å². The number of benzene rings is 1. The average Bonchev–Trinajstić information content (AvgIpc) is 2.73. The second-order valence-corrected chi connectivity index (χ2v) is 6.85. The smallest absolute Gasteiger partial charge is 0.310 e. The normalized spacial score (nSPS) is 16.2. The number of carbonyl (C=O) groups is 1. The molecule has 1 unspecified atom stereocenters. The van der Waals surface area contributed by atoms with Gasteiger partial charge in [-0.05, 0) is 49.1 Å². The Kier molecular flexibility index (Phi) is 5.00. The van der Waals surface area contributed by atoms with Gasteiger partial charge in [0, 0.05) is 11.8 Å². The van der Waals surface area contributed by atoms with Gasteiger partial charge in [0.25, 0.3) is 0 Å². The summed E-state index contributed by atoms with van der Waals surface area (Å²) in [4.78, 5) is 25.2. The summed E-state index contributed by atoms with van der Waals surface area (Å²) < 4.78 is 39.1. The number of anilines is 1. The molecule has 1 atom stereocenters. The number of fused-ring (bicyclic) bond motifs is 1. The molecule has 0 saturated heterocycles. The van der Waals surface area contributed by atoms with Gasteiger partial charge in [0.15, 0.2) is 0 Å². The Labute approximate surface area is 165 Å². The van der Waals surface area contributed by atoms with Crippen LogP contribution in [0, 0.1) is 0 Å². The van der Waals surface area contributed by atoms with Crippen LogP contribution in [-0.2, 0) is 17.4 Å². The molecule has 5 nitrogen and oxygen atoms in total. The molecule has 1 N–H and O–H groups in total. The minimum atomic E-state index is -4.43. The highest BCUT2D eigenvalue weighted by molar-refractivity contribution is 5.95. The second-order valence-electron chi connectivity index (χ2n) is 6.85. The van der Waals surface area contributed by atoms with Crippen LogP contribution in [0.1, 0.15) is 35.6 Å². The van der Waals surface area contributed by atoms with Gasteiger partial charge in [-0.25, -0.2) is 9.97 Å². The topological polar surface area (TPSA) is 67.8 Å². The molecule has 0 fully saturated rings. The molecule has 2 heterocycles. The lowest BCUT2D eigenvalue weighted by Crippen LogP contribution is -2.26. The van der Waals surface area contributed by atoms with Crippen LogP contribution in [0.3, 0.4) is 0 Å². The first-order valence-electron chi connectivity index (χ1n) is 9.16. The number of aryl methyl sites for hydroxylation is 1. The van der Waals surface area contributed by atoms with Crippen molar-refractivity contribution in [1.29, 1.82) is 0 Å². The Morgan fingerprint density at radius 2 is 2.00 bits per heavy atom. The van der Waals surface area contributed by atoms with E-state index in [9.17, 15) is 18.0 Å². The van der Waals surface area contributed by atoms with E-state index in [4.69, 9.17) is 0 Å². The minimum absolute atomic E-state index is 0.238. The van der Waals surface area contributed by atoms with Crippen LogP contribution in [0.15, 0.2) is 55.0 Å². The van der Waals surface area contributed by atoms with Crippen molar-refractivity contribution in [3.05, 3.63) is 71.8 Å². The number of amides is 1. The predicted octanol–water partition coefficient (Wildman–Crippen LogP) is 4.62. The minimum Gasteiger partial charge on any atom is -0.310 e. The third-order valence-electron chi connectivity index (χ3n) is 4.92. The van der Waals surface area contributed by atoms with Gasteiger partial charge in [0.05, 0.1) is 22.9 Å². The van der Waals surface area contributed by atoms with Gasteiger partial charge in [-0.1, -0.05) is 18.2 Å². The summed E-state index contributed by atoms with van der Waals surface area (Å²) in [6.07, 6.45) is 0.672. The van der Waals surface area contributed by atoms with E-state index in [1.54, 1.807) is 18.2 Å². The number of aromatic nitrogens is 3. The number of nitrogens with one attached hydrogen (secondary N) is 1. The van der Waals surface area contributed by atoms with Crippen LogP contribution in [0.4, 0.5) is 19.0 Å². The summed E-state index contributed by atoms with van der Waals surface area (Å²) in [5.41, 5.74) is 1.60. The number of carbonyl (C=O) groups excluding carboxylic acids is 1. The highest BCUT2D eigenvalue weighted by Gasteiger charge is 2.31. The fraction of sp³-hybridized carbons (Fsp3) is 0.238. The molecule has 0 spiro atoms. The quantitative estimate of drug-likeness (QED) is 0.699. The van der Waals surface area contributed by atoms with E-state index in [0.717, 1.165) is 30.5 Å². The molecule has 148 valence electrons. The number of hydrogen-bond donors (Lipinski definition) is 1. The van der Waals surface area contributed by atoms with Crippen LogP contribution in [0.5, 0.6) is 0 Å². The largest absolute Gasteiger partial charge is 0.416 e. The van der Waals surface area contributed by atoms with E-state index in [-0.39, 0.29) is 5.91 Å². The number of nitrogens with zero attached hydrogens (tertiary/aromatic N) is 3. The number of pyridine rings is 1.